The third-order valence-corrected chi connectivity index (χ3v) is 15.1. The van der Waals surface area contributed by atoms with E-state index in [1.165, 1.54) is 17.2 Å². The minimum absolute atomic E-state index is 0.0150. The predicted molar refractivity (Wildman–Crippen MR) is 179 cm³/mol. The molecule has 3 spiro atoms. The molecule has 242 valence electrons. The van der Waals surface area contributed by atoms with Crippen LogP contribution in [0.5, 0.6) is 0 Å². The molecule has 2 aromatic rings. The summed E-state index contributed by atoms with van der Waals surface area (Å²) in [5.74, 6) is 1.10. The number of nitrogens with zero attached hydrogens (tertiary/aromatic N) is 1. The van der Waals surface area contributed by atoms with E-state index >= 15 is 0 Å². The molecule has 1 saturated heterocycles. The zero-order valence-corrected chi connectivity index (χ0v) is 27.6. The van der Waals surface area contributed by atoms with E-state index in [-0.39, 0.29) is 45.7 Å². The van der Waals surface area contributed by atoms with Crippen molar-refractivity contribution in [1.29, 1.82) is 0 Å². The smallest absolute Gasteiger partial charge is 0.410 e. The number of ether oxygens (including phenoxy) is 1. The van der Waals surface area contributed by atoms with Crippen molar-refractivity contribution < 1.29 is 19.4 Å². The van der Waals surface area contributed by atoms with Gasteiger partial charge in [-0.3, -0.25) is 9.69 Å². The van der Waals surface area contributed by atoms with Crippen molar-refractivity contribution in [2.45, 2.75) is 109 Å². The number of fused-ring (bicyclic) bond motifs is 3. The number of hydrogen-bond donors (Lipinski definition) is 1. The van der Waals surface area contributed by atoms with Gasteiger partial charge in [0.25, 0.3) is 0 Å². The molecule has 2 bridgehead atoms. The Balaban J connectivity index is 1.11. The van der Waals surface area contributed by atoms with Crippen LogP contribution in [0.15, 0.2) is 66.3 Å². The molecular weight excluding hydrogens is 570 g/mol. The highest BCUT2D eigenvalue weighted by Crippen LogP contribution is 2.79. The Morgan fingerprint density at radius 2 is 1.63 bits per heavy atom. The fraction of sp³-hybridized carbons (Fsp3) is 0.610. The number of allylic oxidation sites excluding steroid dienone is 4. The van der Waals surface area contributed by atoms with Crippen molar-refractivity contribution in [2.24, 2.45) is 39.4 Å². The van der Waals surface area contributed by atoms with E-state index in [9.17, 15) is 14.7 Å². The van der Waals surface area contributed by atoms with Crippen molar-refractivity contribution in [1.82, 2.24) is 4.90 Å². The highest BCUT2D eigenvalue weighted by molar-refractivity contribution is 6.00. The summed E-state index contributed by atoms with van der Waals surface area (Å²) in [7, 11) is 0. The van der Waals surface area contributed by atoms with Crippen LogP contribution in [0.4, 0.5) is 4.79 Å². The van der Waals surface area contributed by atoms with Crippen LogP contribution in [0.3, 0.4) is 0 Å². The Hall–Kier alpha value is -2.92. The summed E-state index contributed by atoms with van der Waals surface area (Å²) >= 11 is 0. The van der Waals surface area contributed by atoms with Gasteiger partial charge in [-0.15, -0.1) is 0 Å². The summed E-state index contributed by atoms with van der Waals surface area (Å²) in [6.45, 7) is 6.04. The monoisotopic (exact) mass is 619 g/mol. The second-order valence-electron chi connectivity index (χ2n) is 16.8. The number of aliphatic hydroxyl groups excluding tert-OH is 1. The van der Waals surface area contributed by atoms with Crippen molar-refractivity contribution in [3.05, 3.63) is 71.8 Å². The number of amides is 1. The molecule has 1 heterocycles. The van der Waals surface area contributed by atoms with E-state index < -0.39 is 5.60 Å². The summed E-state index contributed by atoms with van der Waals surface area (Å²) in [5.41, 5.74) is 0.870. The first kappa shape index (κ1) is 29.2. The van der Waals surface area contributed by atoms with E-state index in [1.54, 1.807) is 0 Å². The summed E-state index contributed by atoms with van der Waals surface area (Å²) in [6, 6.07) is 14.8. The Morgan fingerprint density at radius 1 is 0.891 bits per heavy atom. The van der Waals surface area contributed by atoms with Gasteiger partial charge in [0.15, 0.2) is 5.78 Å². The summed E-state index contributed by atoms with van der Waals surface area (Å²) < 4.78 is 6.64. The fourth-order valence-corrected chi connectivity index (χ4v) is 12.7. The molecule has 5 heteroatoms. The highest BCUT2D eigenvalue weighted by atomic mass is 16.6. The molecule has 0 unspecified atom stereocenters. The molecule has 8 atom stereocenters. The Morgan fingerprint density at radius 3 is 2.48 bits per heavy atom. The Labute approximate surface area is 273 Å². The molecule has 0 aromatic heterocycles. The first-order chi connectivity index (χ1) is 22.1. The molecule has 2 aromatic carbocycles. The summed E-state index contributed by atoms with van der Waals surface area (Å²) in [6.07, 6.45) is 18.7. The molecule has 4 saturated carbocycles. The largest absolute Gasteiger partial charge is 0.440 e. The first-order valence-electron chi connectivity index (χ1n) is 18.3. The van der Waals surface area contributed by atoms with Gasteiger partial charge in [0.05, 0.1) is 12.6 Å². The maximum atomic E-state index is 14.8. The predicted octanol–water partition coefficient (Wildman–Crippen LogP) is 8.54. The summed E-state index contributed by atoms with van der Waals surface area (Å²) in [5, 5.41) is 13.4. The van der Waals surface area contributed by atoms with Gasteiger partial charge in [-0.2, -0.15) is 0 Å². The number of carbonyl (C=O) groups is 2. The maximum Gasteiger partial charge on any atom is 0.410 e. The van der Waals surface area contributed by atoms with E-state index in [2.05, 4.69) is 74.5 Å². The van der Waals surface area contributed by atoms with Gasteiger partial charge >= 0.3 is 6.09 Å². The number of aliphatic hydroxyl groups is 1. The number of carbonyl (C=O) groups excluding carboxylic acids is 2. The van der Waals surface area contributed by atoms with Crippen molar-refractivity contribution in [2.75, 3.05) is 6.54 Å². The van der Waals surface area contributed by atoms with Crippen LogP contribution in [0.25, 0.3) is 10.8 Å². The quantitative estimate of drug-likeness (QED) is 0.348. The van der Waals surface area contributed by atoms with Crippen molar-refractivity contribution in [3.8, 4) is 0 Å². The molecule has 7 aliphatic carbocycles. The molecule has 0 radical (unpaired) electrons. The lowest BCUT2D eigenvalue weighted by molar-refractivity contribution is -0.169. The van der Waals surface area contributed by atoms with Crippen LogP contribution in [0, 0.1) is 39.4 Å². The molecule has 46 heavy (non-hydrogen) atoms. The molecular formula is C41H49NO4. The molecule has 10 rings (SSSR count). The minimum atomic E-state index is -0.554. The number of Topliss-reactive ketones (excluding diaryl/α,β-unsaturated/α-hetero) is 1. The normalized spacial score (nSPS) is 42.9. The maximum absolute atomic E-state index is 14.8. The van der Waals surface area contributed by atoms with Crippen molar-refractivity contribution in [3.63, 3.8) is 0 Å². The number of hydrogen-bond acceptors (Lipinski definition) is 4. The molecule has 1 aliphatic heterocycles. The molecule has 5 nitrogen and oxygen atoms in total. The van der Waals surface area contributed by atoms with Gasteiger partial charge in [0, 0.05) is 34.3 Å². The first-order valence-corrected chi connectivity index (χ1v) is 18.3. The number of ketones is 1. The van der Waals surface area contributed by atoms with Crippen molar-refractivity contribution >= 4 is 22.6 Å². The number of benzene rings is 2. The average molecular weight is 620 g/mol. The van der Waals surface area contributed by atoms with Crippen LogP contribution in [-0.4, -0.2) is 40.1 Å². The van der Waals surface area contributed by atoms with Crippen LogP contribution < -0.4 is 0 Å². The third-order valence-electron chi connectivity index (χ3n) is 15.1. The minimum Gasteiger partial charge on any atom is -0.440 e. The molecule has 1 amide bonds. The van der Waals surface area contributed by atoms with Gasteiger partial charge in [-0.25, -0.2) is 4.79 Å². The standard InChI is InChI=1S/C41H49NO4/c1-37-18-15-30(43)23-39(37)21-22-41(32(24-39)35(44)28-10-4-3-5-11-28)33(37)16-19-38(2)34(41)17-20-40(38)26-42(36(45)46-40)25-29-13-8-12-27-9-6-7-14-31(27)29/h6-9,12-14,21-22,24,28,30,33-34,43H,3-5,10-11,15-20,23,25-26H2,1-2H3/t30-,33+,34+,37+,38-,39-,40+,41-/m0/s1. The topological polar surface area (TPSA) is 66.8 Å². The number of rotatable bonds is 4. The van der Waals surface area contributed by atoms with E-state index in [0.717, 1.165) is 81.8 Å². The van der Waals surface area contributed by atoms with Crippen LogP contribution >= 0.6 is 0 Å². The van der Waals surface area contributed by atoms with Gasteiger partial charge in [-0.1, -0.05) is 93.8 Å². The van der Waals surface area contributed by atoms with Gasteiger partial charge in [0.2, 0.25) is 0 Å². The van der Waals surface area contributed by atoms with E-state index in [4.69, 9.17) is 4.74 Å². The van der Waals surface area contributed by atoms with Crippen LogP contribution in [0.2, 0.25) is 0 Å². The van der Waals surface area contributed by atoms with Gasteiger partial charge < -0.3 is 9.84 Å². The Bertz CT molecular complexity index is 1680. The van der Waals surface area contributed by atoms with Crippen LogP contribution in [-0.2, 0) is 16.1 Å². The van der Waals surface area contributed by atoms with E-state index in [0.29, 0.717) is 24.8 Å². The molecule has 1 N–H and O–H groups in total. The zero-order valence-electron chi connectivity index (χ0n) is 27.6. The molecule has 5 fully saturated rings. The average Bonchev–Trinajstić information content (AvgIpc) is 3.55. The second kappa shape index (κ2) is 9.81. The third kappa shape index (κ3) is 3.62. The molecule has 8 aliphatic rings. The lowest BCUT2D eigenvalue weighted by Gasteiger charge is -2.71. The van der Waals surface area contributed by atoms with Crippen LogP contribution in [0.1, 0.15) is 96.5 Å². The Kier molecular flexibility index (Phi) is 6.24. The van der Waals surface area contributed by atoms with Gasteiger partial charge in [0.1, 0.15) is 5.60 Å². The van der Waals surface area contributed by atoms with Gasteiger partial charge in [-0.05, 0) is 91.4 Å². The SMILES string of the molecule is C[C@]12CC[C@H]3[C@@]4(C=C[C@@]5(C=C4C(=O)C4CCCCC4)C[C@@H](O)CC[C@]35C)[C@@H]1CC[C@@]21CN(Cc2cccc3ccccc23)C(=O)O1. The summed E-state index contributed by atoms with van der Waals surface area (Å²) in [4.78, 5) is 30.5. The lowest BCUT2D eigenvalue weighted by Crippen LogP contribution is -2.67. The zero-order chi connectivity index (χ0) is 31.5. The lowest BCUT2D eigenvalue weighted by atomic mass is 9.32. The fourth-order valence-electron chi connectivity index (χ4n) is 12.7. The second-order valence-corrected chi connectivity index (χ2v) is 16.8. The highest BCUT2D eigenvalue weighted by Gasteiger charge is 2.76. The van der Waals surface area contributed by atoms with E-state index in [1.807, 2.05) is 4.90 Å².